The zero-order chi connectivity index (χ0) is 20.8. The summed E-state index contributed by atoms with van der Waals surface area (Å²) >= 11 is 0. The Balaban J connectivity index is 0.00000320. The maximum Gasteiger partial charge on any atom is 0.253 e. The summed E-state index contributed by atoms with van der Waals surface area (Å²) in [6, 6.07) is 16.2. The minimum absolute atomic E-state index is 0. The van der Waals surface area contributed by atoms with Crippen molar-refractivity contribution in [1.82, 2.24) is 14.9 Å². The maximum atomic E-state index is 12.7. The fraction of sp³-hybridized carbons (Fsp3) is 0.458. The van der Waals surface area contributed by atoms with Crippen LogP contribution in [0.15, 0.2) is 48.5 Å². The molecule has 2 N–H and O–H groups in total. The van der Waals surface area contributed by atoms with Crippen LogP contribution in [0.1, 0.15) is 48.8 Å². The predicted octanol–water partition coefficient (Wildman–Crippen LogP) is 3.66. The molecule has 2 aromatic rings. The Hall–Kier alpha value is -2.41. The molecule has 1 unspecified atom stereocenters. The van der Waals surface area contributed by atoms with Gasteiger partial charge >= 0.3 is 0 Å². The van der Waals surface area contributed by atoms with Crippen LogP contribution in [0.2, 0.25) is 0 Å². The third-order valence-corrected chi connectivity index (χ3v) is 5.65. The van der Waals surface area contributed by atoms with Crippen LogP contribution in [0.3, 0.4) is 0 Å². The number of benzene rings is 2. The van der Waals surface area contributed by atoms with Crippen LogP contribution in [-0.2, 0) is 4.84 Å². The molecule has 1 aliphatic rings. The van der Waals surface area contributed by atoms with Gasteiger partial charge in [0, 0.05) is 50.5 Å². The van der Waals surface area contributed by atoms with E-state index in [4.69, 9.17) is 10.6 Å². The van der Waals surface area contributed by atoms with Crippen molar-refractivity contribution in [1.29, 1.82) is 0 Å². The van der Waals surface area contributed by atoms with Crippen molar-refractivity contribution >= 4 is 11.6 Å². The van der Waals surface area contributed by atoms with Crippen molar-refractivity contribution in [3.63, 3.8) is 0 Å². The van der Waals surface area contributed by atoms with Gasteiger partial charge in [-0.1, -0.05) is 31.7 Å². The van der Waals surface area contributed by atoms with Crippen LogP contribution in [0, 0.1) is 0 Å². The second kappa shape index (κ2) is 11.1. The van der Waals surface area contributed by atoms with E-state index in [0.29, 0.717) is 13.1 Å². The number of hydrogen-bond donors (Lipinski definition) is 1. The number of rotatable bonds is 7. The third-order valence-electron chi connectivity index (χ3n) is 5.65. The summed E-state index contributed by atoms with van der Waals surface area (Å²) in [6.45, 7) is 8.94. The number of piperazine rings is 1. The van der Waals surface area contributed by atoms with Gasteiger partial charge in [0.2, 0.25) is 0 Å². The first-order chi connectivity index (χ1) is 14.1. The standard InChI is InChI=1S/C23H32N4O2.CH4/c1-4-25(5-2)23(28)19-11-9-18(10-12-19)22(20-7-6-8-21(24)17-20)26-13-15-27(29-3)16-14-26;/h6-12,17,22H,4-5,13-16,24H2,1-3H3;1H4. The van der Waals surface area contributed by atoms with Crippen LogP contribution in [0.25, 0.3) is 0 Å². The Kier molecular flexibility index (Phi) is 8.84. The van der Waals surface area contributed by atoms with Crippen LogP contribution in [0.4, 0.5) is 5.69 Å². The summed E-state index contributed by atoms with van der Waals surface area (Å²) in [5, 5.41) is 1.98. The van der Waals surface area contributed by atoms with Gasteiger partial charge in [-0.15, -0.1) is 0 Å². The minimum Gasteiger partial charge on any atom is -0.399 e. The second-order valence-electron chi connectivity index (χ2n) is 7.32. The molecule has 1 atom stereocenters. The van der Waals surface area contributed by atoms with Crippen molar-refractivity contribution in [2.75, 3.05) is 52.1 Å². The second-order valence-corrected chi connectivity index (χ2v) is 7.32. The van der Waals surface area contributed by atoms with E-state index in [0.717, 1.165) is 43.0 Å². The third kappa shape index (κ3) is 5.39. The molecule has 3 rings (SSSR count). The normalized spacial score (nSPS) is 16.0. The number of hydroxylamine groups is 2. The Labute approximate surface area is 181 Å². The summed E-state index contributed by atoms with van der Waals surface area (Å²) in [7, 11) is 1.72. The van der Waals surface area contributed by atoms with Gasteiger partial charge in [0.25, 0.3) is 5.91 Å². The van der Waals surface area contributed by atoms with Gasteiger partial charge in [0.05, 0.1) is 13.2 Å². The minimum atomic E-state index is 0. The quantitative estimate of drug-likeness (QED) is 0.704. The highest BCUT2D eigenvalue weighted by Gasteiger charge is 2.27. The van der Waals surface area contributed by atoms with E-state index in [1.807, 2.05) is 54.1 Å². The smallest absolute Gasteiger partial charge is 0.253 e. The molecule has 0 radical (unpaired) electrons. The van der Waals surface area contributed by atoms with Gasteiger partial charge in [-0.3, -0.25) is 9.69 Å². The lowest BCUT2D eigenvalue weighted by Crippen LogP contribution is -2.47. The van der Waals surface area contributed by atoms with Gasteiger partial charge in [0.15, 0.2) is 0 Å². The van der Waals surface area contributed by atoms with E-state index >= 15 is 0 Å². The molecule has 0 saturated carbocycles. The molecule has 164 valence electrons. The van der Waals surface area contributed by atoms with Crippen molar-refractivity contribution in [3.8, 4) is 0 Å². The molecule has 30 heavy (non-hydrogen) atoms. The molecule has 2 aromatic carbocycles. The Morgan fingerprint density at radius 1 is 1.03 bits per heavy atom. The van der Waals surface area contributed by atoms with Crippen LogP contribution < -0.4 is 5.73 Å². The number of amides is 1. The number of carbonyl (C=O) groups excluding carboxylic acids is 1. The predicted molar refractivity (Wildman–Crippen MR) is 123 cm³/mol. The highest BCUT2D eigenvalue weighted by Crippen LogP contribution is 2.31. The largest absolute Gasteiger partial charge is 0.399 e. The van der Waals surface area contributed by atoms with E-state index in [9.17, 15) is 4.79 Å². The lowest BCUT2D eigenvalue weighted by molar-refractivity contribution is -0.154. The topological polar surface area (TPSA) is 62.0 Å². The first-order valence-electron chi connectivity index (χ1n) is 10.3. The molecule has 1 heterocycles. The van der Waals surface area contributed by atoms with E-state index in [-0.39, 0.29) is 19.4 Å². The van der Waals surface area contributed by atoms with Crippen LogP contribution in [0.5, 0.6) is 0 Å². The highest BCUT2D eigenvalue weighted by molar-refractivity contribution is 5.94. The van der Waals surface area contributed by atoms with E-state index in [1.54, 1.807) is 7.11 Å². The molecule has 1 saturated heterocycles. The molecule has 1 aliphatic heterocycles. The van der Waals surface area contributed by atoms with Gasteiger partial charge in [-0.05, 0) is 49.2 Å². The van der Waals surface area contributed by atoms with Gasteiger partial charge in [0.1, 0.15) is 0 Å². The summed E-state index contributed by atoms with van der Waals surface area (Å²) in [5.41, 5.74) is 9.90. The Bertz CT molecular complexity index is 797. The number of nitrogens with zero attached hydrogens (tertiary/aromatic N) is 3. The average Bonchev–Trinajstić information content (AvgIpc) is 2.76. The van der Waals surface area contributed by atoms with Crippen molar-refractivity contribution in [3.05, 3.63) is 65.2 Å². The van der Waals surface area contributed by atoms with Gasteiger partial charge < -0.3 is 15.5 Å². The zero-order valence-electron chi connectivity index (χ0n) is 17.7. The fourth-order valence-electron chi connectivity index (χ4n) is 3.99. The molecular weight excluding hydrogens is 376 g/mol. The van der Waals surface area contributed by atoms with Crippen molar-refractivity contribution in [2.24, 2.45) is 0 Å². The van der Waals surface area contributed by atoms with Crippen LogP contribution in [-0.4, -0.2) is 67.1 Å². The lowest BCUT2D eigenvalue weighted by Gasteiger charge is -2.38. The number of hydrogen-bond acceptors (Lipinski definition) is 5. The highest BCUT2D eigenvalue weighted by atomic mass is 16.7. The number of carbonyl (C=O) groups is 1. The van der Waals surface area contributed by atoms with Crippen LogP contribution >= 0.6 is 0 Å². The van der Waals surface area contributed by atoms with Crippen molar-refractivity contribution in [2.45, 2.75) is 27.3 Å². The monoisotopic (exact) mass is 412 g/mol. The number of anilines is 1. The molecule has 6 heteroatoms. The molecule has 0 aliphatic carbocycles. The lowest BCUT2D eigenvalue weighted by atomic mass is 9.95. The summed E-state index contributed by atoms with van der Waals surface area (Å²) in [6.07, 6.45) is 0. The van der Waals surface area contributed by atoms with Crippen molar-refractivity contribution < 1.29 is 9.63 Å². The van der Waals surface area contributed by atoms with E-state index in [1.165, 1.54) is 5.56 Å². The average molecular weight is 413 g/mol. The summed E-state index contributed by atoms with van der Waals surface area (Å²) in [5.74, 6) is 0.0794. The molecular formula is C24H36N4O2. The summed E-state index contributed by atoms with van der Waals surface area (Å²) < 4.78 is 0. The van der Waals surface area contributed by atoms with E-state index < -0.39 is 0 Å². The molecule has 1 amide bonds. The SMILES string of the molecule is C.CCN(CC)C(=O)c1ccc(C(c2cccc(N)c2)N2CCN(OC)CC2)cc1. The first-order valence-corrected chi connectivity index (χ1v) is 10.3. The fourth-order valence-corrected chi connectivity index (χ4v) is 3.99. The summed E-state index contributed by atoms with van der Waals surface area (Å²) in [4.78, 5) is 22.3. The Morgan fingerprint density at radius 2 is 1.67 bits per heavy atom. The number of nitrogens with two attached hydrogens (primary N) is 1. The number of nitrogen functional groups attached to an aromatic ring is 1. The van der Waals surface area contributed by atoms with Gasteiger partial charge in [-0.2, -0.15) is 5.06 Å². The molecule has 0 aromatic heterocycles. The molecule has 0 bridgehead atoms. The van der Waals surface area contributed by atoms with E-state index in [2.05, 4.69) is 23.1 Å². The molecule has 1 fully saturated rings. The molecule has 6 nitrogen and oxygen atoms in total. The Morgan fingerprint density at radius 3 is 2.20 bits per heavy atom. The zero-order valence-corrected chi connectivity index (χ0v) is 17.7. The first kappa shape index (κ1) is 23.9. The van der Waals surface area contributed by atoms with Gasteiger partial charge in [-0.25, -0.2) is 0 Å². The maximum absolute atomic E-state index is 12.7. The molecule has 0 spiro atoms.